The summed E-state index contributed by atoms with van der Waals surface area (Å²) in [5.74, 6) is 1.16. The first-order chi connectivity index (χ1) is 18.6. The number of fused-ring (bicyclic) bond motifs is 1. The molecule has 194 valence electrons. The number of carbonyl (C=O) groups excluding carboxylic acids is 1. The molecule has 1 unspecified atom stereocenters. The van der Waals surface area contributed by atoms with Crippen molar-refractivity contribution in [2.24, 2.45) is 4.36 Å². The first kappa shape index (κ1) is 25.4. The van der Waals surface area contributed by atoms with Crippen LogP contribution in [-0.2, 0) is 21.8 Å². The average molecular weight is 547 g/mol. The Hall–Kier alpha value is -4.22. The van der Waals surface area contributed by atoms with Crippen LogP contribution in [0.25, 0.3) is 21.3 Å². The molecule has 3 heterocycles. The molecule has 0 aliphatic heterocycles. The zero-order valence-electron chi connectivity index (χ0n) is 20.5. The number of benzene rings is 2. The summed E-state index contributed by atoms with van der Waals surface area (Å²) in [6.45, 7) is 2.54. The monoisotopic (exact) mass is 546 g/mol. The quantitative estimate of drug-likeness (QED) is 0.161. The third-order valence-electron chi connectivity index (χ3n) is 5.72. The molecule has 0 bridgehead atoms. The van der Waals surface area contributed by atoms with Crippen LogP contribution in [0.5, 0.6) is 0 Å². The predicted molar refractivity (Wildman–Crippen MR) is 153 cm³/mol. The molecule has 0 saturated heterocycles. The number of aromatic amines is 1. The summed E-state index contributed by atoms with van der Waals surface area (Å²) in [6, 6.07) is 19.1. The Morgan fingerprint density at radius 3 is 2.76 bits per heavy atom. The lowest BCUT2D eigenvalue weighted by Crippen LogP contribution is -2.09. The average Bonchev–Trinajstić information content (AvgIpc) is 3.60. The van der Waals surface area contributed by atoms with Crippen molar-refractivity contribution in [3.05, 3.63) is 84.0 Å². The van der Waals surface area contributed by atoms with E-state index in [0.717, 1.165) is 28.2 Å². The number of nitrogens with zero attached hydrogens (tertiary/aromatic N) is 3. The Labute approximate surface area is 225 Å². The summed E-state index contributed by atoms with van der Waals surface area (Å²) >= 11 is 1.63. The van der Waals surface area contributed by atoms with Gasteiger partial charge in [-0.05, 0) is 60.7 Å². The van der Waals surface area contributed by atoms with Gasteiger partial charge in [0, 0.05) is 45.3 Å². The van der Waals surface area contributed by atoms with Crippen LogP contribution in [0.4, 0.5) is 22.2 Å². The molecule has 1 amide bonds. The SMILES string of the molecule is CCOC(=O)/N=[SH](=O)/c1ccc(Nc2ncc(-c3cccs3)c(NCCc3c[nH]c4ccccc34)n2)cc1. The highest BCUT2D eigenvalue weighted by molar-refractivity contribution is 7.75. The van der Waals surface area contributed by atoms with Gasteiger partial charge in [-0.3, -0.25) is 0 Å². The maximum absolute atomic E-state index is 12.3. The summed E-state index contributed by atoms with van der Waals surface area (Å²) in [7, 11) is -2.23. The van der Waals surface area contributed by atoms with Crippen molar-refractivity contribution >= 4 is 56.4 Å². The van der Waals surface area contributed by atoms with E-state index in [0.29, 0.717) is 23.1 Å². The van der Waals surface area contributed by atoms with E-state index in [-0.39, 0.29) is 6.61 Å². The van der Waals surface area contributed by atoms with Gasteiger partial charge in [0.1, 0.15) is 5.82 Å². The molecule has 5 aromatic rings. The lowest BCUT2D eigenvalue weighted by Gasteiger charge is -2.12. The molecule has 9 nitrogen and oxygen atoms in total. The highest BCUT2D eigenvalue weighted by Crippen LogP contribution is 2.31. The van der Waals surface area contributed by atoms with E-state index in [4.69, 9.17) is 9.72 Å². The molecule has 3 aromatic heterocycles. The second kappa shape index (κ2) is 11.9. The van der Waals surface area contributed by atoms with Gasteiger partial charge in [0.2, 0.25) is 5.95 Å². The molecule has 38 heavy (non-hydrogen) atoms. The van der Waals surface area contributed by atoms with Crippen LogP contribution in [0.2, 0.25) is 0 Å². The molecule has 1 atom stereocenters. The molecule has 2 aromatic carbocycles. The van der Waals surface area contributed by atoms with E-state index >= 15 is 0 Å². The predicted octanol–water partition coefficient (Wildman–Crippen LogP) is 6.26. The standard InChI is InChI=1S/C27H26N6O3S2/c1-2-36-27(34)33-38(35)20-11-9-19(10-12-20)31-26-30-17-22(24-8-5-15-37-24)25(32-26)28-14-13-18-16-29-23-7-4-3-6-21(18)23/h3-12,15-17,29,38H,2,13-14H2,1H3,(H2,28,30,31,32). The van der Waals surface area contributed by atoms with Crippen molar-refractivity contribution in [2.45, 2.75) is 18.2 Å². The minimum atomic E-state index is -2.23. The molecular weight excluding hydrogens is 520 g/mol. The van der Waals surface area contributed by atoms with Crippen LogP contribution in [0.15, 0.2) is 87.7 Å². The van der Waals surface area contributed by atoms with Crippen molar-refractivity contribution < 1.29 is 13.7 Å². The molecule has 5 rings (SSSR count). The summed E-state index contributed by atoms with van der Waals surface area (Å²) in [5.41, 5.74) is 4.01. The Kier molecular flexibility index (Phi) is 7.95. The number of H-pyrrole nitrogens is 1. The van der Waals surface area contributed by atoms with Gasteiger partial charge < -0.3 is 20.4 Å². The molecule has 0 saturated carbocycles. The van der Waals surface area contributed by atoms with Crippen LogP contribution < -0.4 is 10.6 Å². The van der Waals surface area contributed by atoms with Crippen molar-refractivity contribution in [3.8, 4) is 10.4 Å². The smallest absolute Gasteiger partial charge is 0.441 e. The summed E-state index contributed by atoms with van der Waals surface area (Å²) in [5, 5.41) is 9.93. The number of anilines is 3. The molecule has 0 aliphatic carbocycles. The fourth-order valence-electron chi connectivity index (χ4n) is 3.93. The number of hydrogen-bond acceptors (Lipinski definition) is 8. The number of amides is 1. The van der Waals surface area contributed by atoms with E-state index in [2.05, 4.69) is 43.3 Å². The number of thiol groups is 1. The summed E-state index contributed by atoms with van der Waals surface area (Å²) in [4.78, 5) is 25.6. The van der Waals surface area contributed by atoms with Gasteiger partial charge in [0.15, 0.2) is 0 Å². The first-order valence-corrected chi connectivity index (χ1v) is 14.1. The number of ether oxygens (including phenoxy) is 1. The van der Waals surface area contributed by atoms with Crippen molar-refractivity contribution in [3.63, 3.8) is 0 Å². The van der Waals surface area contributed by atoms with Crippen molar-refractivity contribution in [1.29, 1.82) is 0 Å². The van der Waals surface area contributed by atoms with Gasteiger partial charge in [0.05, 0.1) is 22.8 Å². The molecule has 0 aliphatic rings. The zero-order valence-corrected chi connectivity index (χ0v) is 22.3. The van der Waals surface area contributed by atoms with Gasteiger partial charge in [-0.15, -0.1) is 15.7 Å². The second-order valence-electron chi connectivity index (χ2n) is 8.21. The molecular formula is C27H26N6O3S2. The number of aromatic nitrogens is 3. The molecule has 11 heteroatoms. The summed E-state index contributed by atoms with van der Waals surface area (Å²) in [6.07, 6.45) is 3.85. The Morgan fingerprint density at radius 2 is 1.97 bits per heavy atom. The third-order valence-corrected chi connectivity index (χ3v) is 7.71. The molecule has 0 spiro atoms. The number of rotatable bonds is 9. The Morgan fingerprint density at radius 1 is 1.13 bits per heavy atom. The van der Waals surface area contributed by atoms with Crippen LogP contribution in [0.1, 0.15) is 12.5 Å². The second-order valence-corrected chi connectivity index (χ2v) is 10.4. The molecule has 0 radical (unpaired) electrons. The first-order valence-electron chi connectivity index (χ1n) is 12.0. The maximum Gasteiger partial charge on any atom is 0.441 e. The van der Waals surface area contributed by atoms with Gasteiger partial charge in [-0.2, -0.15) is 4.98 Å². The number of nitrogens with one attached hydrogen (secondary N) is 3. The number of carbonyl (C=O) groups is 1. The minimum Gasteiger partial charge on any atom is -0.448 e. The van der Waals surface area contributed by atoms with Gasteiger partial charge in [-0.25, -0.2) is 14.0 Å². The number of hydrogen-bond donors (Lipinski definition) is 4. The fraction of sp³-hybridized carbons (Fsp3) is 0.148. The number of para-hydroxylation sites is 1. The van der Waals surface area contributed by atoms with Crippen LogP contribution in [-0.4, -0.2) is 38.4 Å². The van der Waals surface area contributed by atoms with Gasteiger partial charge >= 0.3 is 6.09 Å². The van der Waals surface area contributed by atoms with Crippen molar-refractivity contribution in [2.75, 3.05) is 23.8 Å². The van der Waals surface area contributed by atoms with Crippen LogP contribution in [0, 0.1) is 0 Å². The lowest BCUT2D eigenvalue weighted by molar-refractivity contribution is 0.164. The van der Waals surface area contributed by atoms with E-state index < -0.39 is 16.7 Å². The lowest BCUT2D eigenvalue weighted by atomic mass is 10.1. The van der Waals surface area contributed by atoms with Gasteiger partial charge in [0.25, 0.3) is 0 Å². The van der Waals surface area contributed by atoms with Crippen LogP contribution in [0.3, 0.4) is 0 Å². The maximum atomic E-state index is 12.3. The van der Waals surface area contributed by atoms with Crippen LogP contribution >= 0.6 is 11.3 Å². The van der Waals surface area contributed by atoms with E-state index in [1.165, 1.54) is 10.9 Å². The number of thiophene rings is 1. The Bertz CT molecular complexity index is 1620. The zero-order chi connectivity index (χ0) is 26.3. The molecule has 3 N–H and O–H groups in total. The highest BCUT2D eigenvalue weighted by Gasteiger charge is 2.12. The molecule has 0 fully saturated rings. The normalized spacial score (nSPS) is 11.9. The Balaban J connectivity index is 1.32. The fourth-order valence-corrected chi connectivity index (χ4v) is 5.39. The van der Waals surface area contributed by atoms with E-state index in [9.17, 15) is 9.00 Å². The summed E-state index contributed by atoms with van der Waals surface area (Å²) < 4.78 is 20.6. The third kappa shape index (κ3) is 6.01. The topological polar surface area (TPSA) is 121 Å². The van der Waals surface area contributed by atoms with Crippen molar-refractivity contribution in [1.82, 2.24) is 15.0 Å². The largest absolute Gasteiger partial charge is 0.448 e. The highest BCUT2D eigenvalue weighted by atomic mass is 32.2. The minimum absolute atomic E-state index is 0.180. The van der Waals surface area contributed by atoms with E-state index in [1.54, 1.807) is 48.7 Å². The van der Waals surface area contributed by atoms with Gasteiger partial charge in [-0.1, -0.05) is 24.3 Å². The van der Waals surface area contributed by atoms with E-state index in [1.807, 2.05) is 29.6 Å².